The highest BCUT2D eigenvalue weighted by Crippen LogP contribution is 2.38. The minimum Gasteiger partial charge on any atom is -0.505 e. The van der Waals surface area contributed by atoms with Gasteiger partial charge in [-0.15, -0.1) is 0 Å². The quantitative estimate of drug-likeness (QED) is 0.614. The number of hydrogen-bond acceptors (Lipinski definition) is 3. The Kier molecular flexibility index (Phi) is 6.12. The molecule has 0 aromatic heterocycles. The Morgan fingerprint density at radius 1 is 1.30 bits per heavy atom. The number of benzene rings is 1. The van der Waals surface area contributed by atoms with Crippen LogP contribution in [0.3, 0.4) is 0 Å². The van der Waals surface area contributed by atoms with Crippen molar-refractivity contribution in [3.05, 3.63) is 26.7 Å². The van der Waals surface area contributed by atoms with Crippen LogP contribution < -0.4 is 5.32 Å². The lowest BCUT2D eigenvalue weighted by Gasteiger charge is -2.11. The molecule has 0 unspecified atom stereocenters. The Balaban J connectivity index is 2.74. The van der Waals surface area contributed by atoms with Crippen LogP contribution in [0.15, 0.2) is 6.07 Å². The summed E-state index contributed by atoms with van der Waals surface area (Å²) >= 11 is 16.8. The van der Waals surface area contributed by atoms with Gasteiger partial charge >= 0.3 is 5.51 Å². The van der Waals surface area contributed by atoms with Gasteiger partial charge in [-0.1, -0.05) is 34.8 Å². The number of carbonyl (C=O) groups is 1. The van der Waals surface area contributed by atoms with E-state index in [2.05, 4.69) is 5.32 Å². The molecule has 1 aromatic rings. The average molecular weight is 369 g/mol. The van der Waals surface area contributed by atoms with Crippen molar-refractivity contribution in [2.45, 2.75) is 5.51 Å². The molecule has 0 saturated carbocycles. The average Bonchev–Trinajstić information content (AvgIpc) is 2.31. The second-order valence-corrected chi connectivity index (χ2v) is 5.78. The molecule has 112 valence electrons. The highest BCUT2D eigenvalue weighted by Gasteiger charge is 2.27. The summed E-state index contributed by atoms with van der Waals surface area (Å²) in [6.07, 6.45) is 0. The van der Waals surface area contributed by atoms with Gasteiger partial charge in [-0.2, -0.15) is 13.2 Å². The monoisotopic (exact) mass is 367 g/mol. The normalized spacial score (nSPS) is 11.5. The summed E-state index contributed by atoms with van der Waals surface area (Å²) in [6.45, 7) is -0.261. The Morgan fingerprint density at radius 2 is 1.90 bits per heavy atom. The molecule has 0 saturated heterocycles. The van der Waals surface area contributed by atoms with Crippen LogP contribution in [0.1, 0.15) is 10.4 Å². The maximum atomic E-state index is 11.9. The topological polar surface area (TPSA) is 49.3 Å². The fourth-order valence-corrected chi connectivity index (χ4v) is 2.34. The molecular formula is C10H7Cl3F3NO2S. The number of nitrogens with one attached hydrogen (secondary N) is 1. The van der Waals surface area contributed by atoms with E-state index in [1.54, 1.807) is 0 Å². The lowest BCUT2D eigenvalue weighted by molar-refractivity contribution is -0.0327. The first-order valence-electron chi connectivity index (χ1n) is 4.99. The first kappa shape index (κ1) is 17.6. The zero-order valence-electron chi connectivity index (χ0n) is 9.52. The number of halogens is 6. The van der Waals surface area contributed by atoms with Gasteiger partial charge in [0, 0.05) is 12.3 Å². The molecule has 0 spiro atoms. The Hall–Kier alpha value is -0.500. The third-order valence-electron chi connectivity index (χ3n) is 2.03. The van der Waals surface area contributed by atoms with E-state index in [1.165, 1.54) is 0 Å². The molecule has 0 radical (unpaired) electrons. The van der Waals surface area contributed by atoms with Crippen LogP contribution in [-0.4, -0.2) is 28.8 Å². The van der Waals surface area contributed by atoms with Crippen LogP contribution in [0, 0.1) is 0 Å². The number of carbonyl (C=O) groups excluding carboxylic acids is 1. The van der Waals surface area contributed by atoms with Crippen molar-refractivity contribution in [1.82, 2.24) is 5.32 Å². The minimum atomic E-state index is -4.37. The summed E-state index contributed by atoms with van der Waals surface area (Å²) in [5.74, 6) is -1.82. The maximum Gasteiger partial charge on any atom is 0.441 e. The molecule has 1 amide bonds. The SMILES string of the molecule is O=C(NCCSC(F)(F)F)c1c(O)c(Cl)cc(Cl)c1Cl. The van der Waals surface area contributed by atoms with E-state index in [0.29, 0.717) is 0 Å². The number of amides is 1. The van der Waals surface area contributed by atoms with Crippen LogP contribution in [0.2, 0.25) is 15.1 Å². The number of phenols is 1. The lowest BCUT2D eigenvalue weighted by atomic mass is 10.2. The predicted octanol–water partition coefficient (Wildman–Crippen LogP) is 4.34. The van der Waals surface area contributed by atoms with Gasteiger partial charge in [-0.05, 0) is 17.8 Å². The van der Waals surface area contributed by atoms with Crippen molar-refractivity contribution in [2.24, 2.45) is 0 Å². The molecule has 0 aliphatic carbocycles. The molecule has 3 nitrogen and oxygen atoms in total. The Labute approximate surface area is 131 Å². The third-order valence-corrected chi connectivity index (χ3v) is 3.84. The number of aromatic hydroxyl groups is 1. The second kappa shape index (κ2) is 6.98. The Bertz CT molecular complexity index is 499. The standard InChI is InChI=1S/C10H7Cl3F3NO2S/c11-4-3-5(12)8(18)6(7(4)13)9(19)17-1-2-20-10(14,15)16/h3,18H,1-2H2,(H,17,19). The summed E-state index contributed by atoms with van der Waals surface area (Å²) in [7, 11) is 0. The maximum absolute atomic E-state index is 11.9. The fourth-order valence-electron chi connectivity index (χ4n) is 1.21. The van der Waals surface area contributed by atoms with Crippen molar-refractivity contribution >= 4 is 52.5 Å². The van der Waals surface area contributed by atoms with E-state index >= 15 is 0 Å². The molecule has 1 rings (SSSR count). The largest absolute Gasteiger partial charge is 0.505 e. The number of alkyl halides is 3. The summed E-state index contributed by atoms with van der Waals surface area (Å²) in [5, 5.41) is 11.4. The number of thioether (sulfide) groups is 1. The smallest absolute Gasteiger partial charge is 0.441 e. The Morgan fingerprint density at radius 3 is 2.45 bits per heavy atom. The van der Waals surface area contributed by atoms with E-state index in [-0.39, 0.29) is 44.7 Å². The molecule has 0 aliphatic heterocycles. The van der Waals surface area contributed by atoms with E-state index in [1.807, 2.05) is 0 Å². The third kappa shape index (κ3) is 4.80. The predicted molar refractivity (Wildman–Crippen MR) is 74.0 cm³/mol. The van der Waals surface area contributed by atoms with Crippen LogP contribution in [0.25, 0.3) is 0 Å². The number of rotatable bonds is 4. The van der Waals surface area contributed by atoms with Crippen molar-refractivity contribution in [3.8, 4) is 5.75 Å². The zero-order chi connectivity index (χ0) is 15.5. The summed E-state index contributed by atoms with van der Waals surface area (Å²) in [6, 6.07) is 1.15. The van der Waals surface area contributed by atoms with Gasteiger partial charge in [-0.3, -0.25) is 4.79 Å². The van der Waals surface area contributed by atoms with E-state index < -0.39 is 17.2 Å². The zero-order valence-corrected chi connectivity index (χ0v) is 12.6. The van der Waals surface area contributed by atoms with Gasteiger partial charge < -0.3 is 10.4 Å². The van der Waals surface area contributed by atoms with Gasteiger partial charge in [0.1, 0.15) is 11.3 Å². The lowest BCUT2D eigenvalue weighted by Crippen LogP contribution is -2.27. The van der Waals surface area contributed by atoms with Crippen LogP contribution in [0.4, 0.5) is 13.2 Å². The minimum absolute atomic E-state index is 0.0516. The van der Waals surface area contributed by atoms with Crippen molar-refractivity contribution in [1.29, 1.82) is 0 Å². The first-order valence-corrected chi connectivity index (χ1v) is 7.10. The number of hydrogen-bond donors (Lipinski definition) is 2. The van der Waals surface area contributed by atoms with Crippen molar-refractivity contribution < 1.29 is 23.1 Å². The van der Waals surface area contributed by atoms with Crippen LogP contribution >= 0.6 is 46.6 Å². The van der Waals surface area contributed by atoms with Crippen LogP contribution in [0.5, 0.6) is 5.75 Å². The van der Waals surface area contributed by atoms with Gasteiger partial charge in [0.25, 0.3) is 5.91 Å². The van der Waals surface area contributed by atoms with E-state index in [9.17, 15) is 23.1 Å². The highest BCUT2D eigenvalue weighted by molar-refractivity contribution is 8.00. The van der Waals surface area contributed by atoms with Crippen molar-refractivity contribution in [3.63, 3.8) is 0 Å². The molecule has 1 aromatic carbocycles. The number of phenolic OH excluding ortho intramolecular Hbond substituents is 1. The molecule has 20 heavy (non-hydrogen) atoms. The van der Waals surface area contributed by atoms with Crippen molar-refractivity contribution in [2.75, 3.05) is 12.3 Å². The second-order valence-electron chi connectivity index (χ2n) is 3.43. The molecule has 10 heteroatoms. The van der Waals surface area contributed by atoms with E-state index in [4.69, 9.17) is 34.8 Å². The highest BCUT2D eigenvalue weighted by atomic mass is 35.5. The molecule has 0 heterocycles. The van der Waals surface area contributed by atoms with Gasteiger partial charge in [-0.25, -0.2) is 0 Å². The molecule has 0 aliphatic rings. The fraction of sp³-hybridized carbons (Fsp3) is 0.300. The molecule has 0 atom stereocenters. The molecule has 2 N–H and O–H groups in total. The van der Waals surface area contributed by atoms with Gasteiger partial charge in [0.05, 0.1) is 15.1 Å². The summed E-state index contributed by atoms with van der Waals surface area (Å²) < 4.78 is 35.7. The van der Waals surface area contributed by atoms with E-state index in [0.717, 1.165) is 6.07 Å². The summed E-state index contributed by atoms with van der Waals surface area (Å²) in [4.78, 5) is 11.8. The first-order chi connectivity index (χ1) is 9.13. The van der Waals surface area contributed by atoms with Crippen LogP contribution in [-0.2, 0) is 0 Å². The summed E-state index contributed by atoms with van der Waals surface area (Å²) in [5.41, 5.74) is -4.75. The molecule has 0 fully saturated rings. The molecule has 0 bridgehead atoms. The molecular weight excluding hydrogens is 362 g/mol. The van der Waals surface area contributed by atoms with Gasteiger partial charge in [0.15, 0.2) is 0 Å². The van der Waals surface area contributed by atoms with Gasteiger partial charge in [0.2, 0.25) is 0 Å².